The summed E-state index contributed by atoms with van der Waals surface area (Å²) in [6, 6.07) is 10.9. The van der Waals surface area contributed by atoms with Crippen LogP contribution in [-0.2, 0) is 11.0 Å². The monoisotopic (exact) mass is 576 g/mol. The molecule has 1 aliphatic rings. The molecule has 4 aromatic rings. The first kappa shape index (κ1) is 27.7. The van der Waals surface area contributed by atoms with Crippen molar-refractivity contribution in [2.45, 2.75) is 31.5 Å². The van der Waals surface area contributed by atoms with E-state index in [-0.39, 0.29) is 35.0 Å². The molecule has 5 rings (SSSR count). The lowest BCUT2D eigenvalue weighted by molar-refractivity contribution is -0.142. The summed E-state index contributed by atoms with van der Waals surface area (Å²) in [5.41, 5.74) is -0.451. The Balaban J connectivity index is 1.32. The van der Waals surface area contributed by atoms with Crippen molar-refractivity contribution in [3.63, 3.8) is 0 Å². The number of aromatic nitrogens is 5. The first-order valence-corrected chi connectivity index (χ1v) is 12.8. The number of aliphatic hydroxyl groups excluding tert-OH is 1. The number of hydrogen-bond acceptors (Lipinski definition) is 8. The molecule has 3 aromatic heterocycles. The Bertz CT molecular complexity index is 1490. The molecule has 0 spiro atoms. The highest BCUT2D eigenvalue weighted by molar-refractivity contribution is 6.29. The van der Waals surface area contributed by atoms with E-state index in [0.717, 1.165) is 25.6 Å². The van der Waals surface area contributed by atoms with Crippen LogP contribution in [0.2, 0.25) is 5.15 Å². The second kappa shape index (κ2) is 11.4. The van der Waals surface area contributed by atoms with Crippen molar-refractivity contribution >= 4 is 17.6 Å². The SMILES string of the molecule is O=C(O)CC1CCCN(CC(O)c2ccc(-c3noc(-c4cnn(-c5cccc(Cl)n5)c4C(F)(F)F)n3)cc2)C1. The number of aliphatic carboxylic acids is 1. The number of piperidine rings is 1. The molecule has 4 heterocycles. The first-order valence-electron chi connectivity index (χ1n) is 12.4. The second-order valence-corrected chi connectivity index (χ2v) is 9.95. The summed E-state index contributed by atoms with van der Waals surface area (Å²) in [4.78, 5) is 21.1. The van der Waals surface area contributed by atoms with Gasteiger partial charge in [0.25, 0.3) is 5.89 Å². The molecule has 1 saturated heterocycles. The number of rotatable bonds is 8. The molecular formula is C26H24ClF3N6O4. The smallest absolute Gasteiger partial charge is 0.434 e. The van der Waals surface area contributed by atoms with Gasteiger partial charge in [0.1, 0.15) is 5.15 Å². The Morgan fingerprint density at radius 2 is 1.95 bits per heavy atom. The maximum absolute atomic E-state index is 14.0. The number of β-amino-alcohol motifs (C(OH)–C–C–N with tert-alkyl or cyclic N) is 1. The van der Waals surface area contributed by atoms with Crippen LogP contribution in [0.25, 0.3) is 28.7 Å². The van der Waals surface area contributed by atoms with Crippen molar-refractivity contribution in [3.8, 4) is 28.7 Å². The summed E-state index contributed by atoms with van der Waals surface area (Å²) in [6.45, 7) is 1.74. The minimum Gasteiger partial charge on any atom is -0.481 e. The van der Waals surface area contributed by atoms with Gasteiger partial charge < -0.3 is 19.6 Å². The van der Waals surface area contributed by atoms with Crippen LogP contribution in [0.4, 0.5) is 13.2 Å². The molecule has 14 heteroatoms. The van der Waals surface area contributed by atoms with E-state index in [1.54, 1.807) is 24.3 Å². The zero-order valence-corrected chi connectivity index (χ0v) is 21.7. The summed E-state index contributed by atoms with van der Waals surface area (Å²) in [6.07, 6.45) is -2.82. The number of likely N-dealkylation sites (tertiary alicyclic amines) is 1. The lowest BCUT2D eigenvalue weighted by Crippen LogP contribution is -2.38. The van der Waals surface area contributed by atoms with E-state index in [0.29, 0.717) is 28.9 Å². The first-order chi connectivity index (χ1) is 19.1. The van der Waals surface area contributed by atoms with Crippen molar-refractivity contribution in [2.75, 3.05) is 19.6 Å². The number of carboxylic acid groups (broad SMARTS) is 1. The van der Waals surface area contributed by atoms with Gasteiger partial charge in [-0.1, -0.05) is 47.1 Å². The van der Waals surface area contributed by atoms with Crippen molar-refractivity contribution in [1.82, 2.24) is 29.8 Å². The molecule has 1 aromatic carbocycles. The van der Waals surface area contributed by atoms with Gasteiger partial charge in [0.2, 0.25) is 5.82 Å². The number of alkyl halides is 3. The predicted octanol–water partition coefficient (Wildman–Crippen LogP) is 4.88. The molecule has 2 atom stereocenters. The van der Waals surface area contributed by atoms with Crippen LogP contribution >= 0.6 is 11.6 Å². The van der Waals surface area contributed by atoms with Crippen molar-refractivity contribution in [2.24, 2.45) is 5.92 Å². The van der Waals surface area contributed by atoms with Crippen LogP contribution in [0, 0.1) is 5.92 Å². The number of halogens is 4. The largest absolute Gasteiger partial charge is 0.481 e. The second-order valence-electron chi connectivity index (χ2n) is 9.56. The molecule has 0 radical (unpaired) electrons. The molecule has 1 aliphatic heterocycles. The Morgan fingerprint density at radius 1 is 1.18 bits per heavy atom. The van der Waals surface area contributed by atoms with E-state index in [2.05, 4.69) is 25.1 Å². The van der Waals surface area contributed by atoms with Gasteiger partial charge in [0, 0.05) is 25.1 Å². The molecule has 40 heavy (non-hydrogen) atoms. The molecule has 0 bridgehead atoms. The number of carboxylic acids is 1. The van der Waals surface area contributed by atoms with E-state index in [1.165, 1.54) is 18.2 Å². The number of aliphatic hydroxyl groups is 1. The highest BCUT2D eigenvalue weighted by atomic mass is 35.5. The van der Waals surface area contributed by atoms with Crippen molar-refractivity contribution in [1.29, 1.82) is 0 Å². The van der Waals surface area contributed by atoms with Gasteiger partial charge in [-0.15, -0.1) is 0 Å². The molecule has 2 unspecified atom stereocenters. The standard InChI is InChI=1S/C26H24ClF3N6O4/c27-20-4-1-5-21(32-20)36-23(26(28,29)30)18(12-31-36)25-33-24(34-40-25)17-8-6-16(7-9-17)19(37)14-35-10-2-3-15(13-35)11-22(38)39/h1,4-9,12,15,19,37H,2-3,10-11,13-14H2,(H,38,39). The summed E-state index contributed by atoms with van der Waals surface area (Å²) in [5, 5.41) is 27.5. The Morgan fingerprint density at radius 3 is 2.65 bits per heavy atom. The average molecular weight is 577 g/mol. The third kappa shape index (κ3) is 6.16. The van der Waals surface area contributed by atoms with Crippen LogP contribution in [0.15, 0.2) is 53.2 Å². The maximum atomic E-state index is 14.0. The lowest BCUT2D eigenvalue weighted by Gasteiger charge is -2.33. The summed E-state index contributed by atoms with van der Waals surface area (Å²) in [5.74, 6) is -1.21. The molecule has 0 saturated carbocycles. The van der Waals surface area contributed by atoms with Gasteiger partial charge >= 0.3 is 12.1 Å². The average Bonchev–Trinajstić information content (AvgIpc) is 3.56. The van der Waals surface area contributed by atoms with Gasteiger partial charge in [-0.2, -0.15) is 23.3 Å². The minimum absolute atomic E-state index is 0.00891. The van der Waals surface area contributed by atoms with Gasteiger partial charge in [-0.25, -0.2) is 9.67 Å². The fourth-order valence-corrected chi connectivity index (χ4v) is 5.01. The van der Waals surface area contributed by atoms with Crippen LogP contribution in [0.1, 0.15) is 36.6 Å². The molecule has 10 nitrogen and oxygen atoms in total. The van der Waals surface area contributed by atoms with E-state index in [1.807, 2.05) is 0 Å². The van der Waals surface area contributed by atoms with E-state index >= 15 is 0 Å². The van der Waals surface area contributed by atoms with Crippen LogP contribution in [0.5, 0.6) is 0 Å². The quantitative estimate of drug-likeness (QED) is 0.282. The molecule has 0 amide bonds. The number of pyridine rings is 1. The minimum atomic E-state index is -4.82. The lowest BCUT2D eigenvalue weighted by atomic mass is 9.94. The topological polar surface area (TPSA) is 130 Å². The molecule has 210 valence electrons. The Labute approximate surface area is 231 Å². The van der Waals surface area contributed by atoms with Crippen molar-refractivity contribution < 1.29 is 32.7 Å². The van der Waals surface area contributed by atoms with Gasteiger partial charge in [-0.3, -0.25) is 4.79 Å². The molecule has 0 aliphatic carbocycles. The van der Waals surface area contributed by atoms with E-state index in [4.69, 9.17) is 21.2 Å². The third-order valence-electron chi connectivity index (χ3n) is 6.66. The predicted molar refractivity (Wildman–Crippen MR) is 136 cm³/mol. The Hall–Kier alpha value is -3.81. The van der Waals surface area contributed by atoms with Crippen LogP contribution in [-0.4, -0.2) is 65.6 Å². The zero-order valence-electron chi connectivity index (χ0n) is 20.9. The normalized spacial score (nSPS) is 17.2. The zero-order chi connectivity index (χ0) is 28.4. The van der Waals surface area contributed by atoms with Crippen LogP contribution < -0.4 is 0 Å². The van der Waals surface area contributed by atoms with Crippen molar-refractivity contribution in [3.05, 3.63) is 65.1 Å². The fourth-order valence-electron chi connectivity index (χ4n) is 4.85. The molecular weight excluding hydrogens is 553 g/mol. The molecule has 2 N–H and O–H groups in total. The third-order valence-corrected chi connectivity index (χ3v) is 6.87. The molecule has 1 fully saturated rings. The highest BCUT2D eigenvalue weighted by Gasteiger charge is 2.41. The number of nitrogens with zero attached hydrogens (tertiary/aromatic N) is 6. The van der Waals surface area contributed by atoms with E-state index in [9.17, 15) is 23.1 Å². The summed E-state index contributed by atoms with van der Waals surface area (Å²) in [7, 11) is 0. The maximum Gasteiger partial charge on any atom is 0.434 e. The van der Waals surface area contributed by atoms with Gasteiger partial charge in [0.15, 0.2) is 11.5 Å². The van der Waals surface area contributed by atoms with Gasteiger partial charge in [-0.05, 0) is 43.0 Å². The summed E-state index contributed by atoms with van der Waals surface area (Å²) >= 11 is 5.85. The van der Waals surface area contributed by atoms with E-state index < -0.39 is 29.5 Å². The fraction of sp³-hybridized carbons (Fsp3) is 0.346. The van der Waals surface area contributed by atoms with Crippen LogP contribution in [0.3, 0.4) is 0 Å². The number of hydrogen-bond donors (Lipinski definition) is 2. The summed E-state index contributed by atoms with van der Waals surface area (Å²) < 4.78 is 47.9. The number of carbonyl (C=O) groups is 1. The Kier molecular flexibility index (Phi) is 7.88. The number of benzene rings is 1. The van der Waals surface area contributed by atoms with Gasteiger partial charge in [0.05, 0.1) is 17.9 Å². The highest BCUT2D eigenvalue weighted by Crippen LogP contribution is 2.38.